The van der Waals surface area contributed by atoms with Gasteiger partial charge in [0, 0.05) is 6.92 Å². The Bertz CT molecular complexity index is 1340. The molecule has 1 aliphatic heterocycles. The molecule has 2 amide bonds. The molecule has 3 N–H and O–H groups in total. The lowest BCUT2D eigenvalue weighted by atomic mass is 10.0. The minimum Gasteiger partial charge on any atom is -0.439 e. The van der Waals surface area contributed by atoms with Crippen molar-refractivity contribution in [2.45, 2.75) is 36.6 Å². The van der Waals surface area contributed by atoms with Crippen molar-refractivity contribution in [2.24, 2.45) is 0 Å². The standard InChI is InChI=1S/C24H23N3O6S/c1-15(28)33-24-21(23(30)26-24)25-22(29)20(13-16-7-3-2-4-8-16)27-34(31,32)19-12-11-17-9-5-6-10-18(17)14-19/h2-12,14,20-21,24,27H,13H2,1H3,(H,25,29)(H,26,30)/t20-,21+,24-/m0/s1. The third kappa shape index (κ3) is 5.24. The van der Waals surface area contributed by atoms with Crippen LogP contribution in [0.1, 0.15) is 12.5 Å². The maximum Gasteiger partial charge on any atom is 0.304 e. The van der Waals surface area contributed by atoms with Gasteiger partial charge in [-0.2, -0.15) is 4.72 Å². The molecule has 0 bridgehead atoms. The van der Waals surface area contributed by atoms with Gasteiger partial charge in [-0.1, -0.05) is 60.7 Å². The van der Waals surface area contributed by atoms with E-state index in [1.165, 1.54) is 19.1 Å². The van der Waals surface area contributed by atoms with Gasteiger partial charge >= 0.3 is 5.97 Å². The van der Waals surface area contributed by atoms with E-state index in [-0.39, 0.29) is 11.3 Å². The number of rotatable bonds is 8. The van der Waals surface area contributed by atoms with Gasteiger partial charge in [0.05, 0.1) is 4.90 Å². The molecule has 10 heteroatoms. The first-order valence-corrected chi connectivity index (χ1v) is 12.0. The Labute approximate surface area is 196 Å². The van der Waals surface area contributed by atoms with E-state index in [2.05, 4.69) is 15.4 Å². The predicted molar refractivity (Wildman–Crippen MR) is 124 cm³/mol. The van der Waals surface area contributed by atoms with E-state index in [0.717, 1.165) is 16.3 Å². The molecule has 4 rings (SSSR count). The number of nitrogens with one attached hydrogen (secondary N) is 3. The Morgan fingerprint density at radius 1 is 1.00 bits per heavy atom. The maximum absolute atomic E-state index is 13.2. The smallest absolute Gasteiger partial charge is 0.304 e. The zero-order valence-corrected chi connectivity index (χ0v) is 19.0. The van der Waals surface area contributed by atoms with Crippen molar-refractivity contribution in [1.82, 2.24) is 15.4 Å². The first kappa shape index (κ1) is 23.4. The van der Waals surface area contributed by atoms with Crippen LogP contribution in [0.3, 0.4) is 0 Å². The Morgan fingerprint density at radius 2 is 1.68 bits per heavy atom. The first-order chi connectivity index (χ1) is 16.2. The fourth-order valence-electron chi connectivity index (χ4n) is 3.65. The molecule has 9 nitrogen and oxygen atoms in total. The van der Waals surface area contributed by atoms with Crippen molar-refractivity contribution in [3.63, 3.8) is 0 Å². The van der Waals surface area contributed by atoms with Crippen LogP contribution in [-0.4, -0.2) is 44.5 Å². The van der Waals surface area contributed by atoms with Gasteiger partial charge in [0.2, 0.25) is 22.2 Å². The molecular formula is C24H23N3O6S. The molecule has 0 aromatic heterocycles. The summed E-state index contributed by atoms with van der Waals surface area (Å²) < 4.78 is 33.8. The molecule has 3 aromatic rings. The summed E-state index contributed by atoms with van der Waals surface area (Å²) in [6, 6.07) is 18.6. The van der Waals surface area contributed by atoms with Crippen LogP contribution in [0.5, 0.6) is 0 Å². The fourth-order valence-corrected chi connectivity index (χ4v) is 4.88. The number of carbonyl (C=O) groups excluding carboxylic acids is 3. The van der Waals surface area contributed by atoms with E-state index in [4.69, 9.17) is 4.74 Å². The molecule has 34 heavy (non-hydrogen) atoms. The van der Waals surface area contributed by atoms with Gasteiger partial charge in [-0.3, -0.25) is 14.4 Å². The Hall–Kier alpha value is -3.76. The van der Waals surface area contributed by atoms with E-state index in [1.54, 1.807) is 48.5 Å². The molecule has 3 aromatic carbocycles. The van der Waals surface area contributed by atoms with Gasteiger partial charge in [0.25, 0.3) is 5.91 Å². The van der Waals surface area contributed by atoms with Crippen molar-refractivity contribution in [3.8, 4) is 0 Å². The summed E-state index contributed by atoms with van der Waals surface area (Å²) in [5, 5.41) is 6.49. The predicted octanol–water partition coefficient (Wildman–Crippen LogP) is 1.23. The van der Waals surface area contributed by atoms with Crippen molar-refractivity contribution in [1.29, 1.82) is 0 Å². The highest BCUT2D eigenvalue weighted by molar-refractivity contribution is 7.89. The molecule has 3 atom stereocenters. The Morgan fingerprint density at radius 3 is 2.35 bits per heavy atom. The molecule has 0 saturated carbocycles. The number of amides is 2. The summed E-state index contributed by atoms with van der Waals surface area (Å²) in [5.41, 5.74) is 0.721. The van der Waals surface area contributed by atoms with Crippen LogP contribution in [0.15, 0.2) is 77.7 Å². The lowest BCUT2D eigenvalue weighted by Gasteiger charge is -2.36. The van der Waals surface area contributed by atoms with Gasteiger partial charge < -0.3 is 15.4 Å². The van der Waals surface area contributed by atoms with Crippen LogP contribution >= 0.6 is 0 Å². The van der Waals surface area contributed by atoms with Gasteiger partial charge in [-0.25, -0.2) is 8.42 Å². The topological polar surface area (TPSA) is 131 Å². The number of hydrogen-bond acceptors (Lipinski definition) is 6. The zero-order chi connectivity index (χ0) is 24.3. The van der Waals surface area contributed by atoms with E-state index < -0.39 is 46.1 Å². The summed E-state index contributed by atoms with van der Waals surface area (Å²) in [6.45, 7) is 1.18. The zero-order valence-electron chi connectivity index (χ0n) is 18.2. The second kappa shape index (κ2) is 9.62. The number of ether oxygens (including phenoxy) is 1. The molecule has 1 fully saturated rings. The van der Waals surface area contributed by atoms with Crippen LogP contribution in [0.2, 0.25) is 0 Å². The van der Waals surface area contributed by atoms with Crippen LogP contribution < -0.4 is 15.4 Å². The number of benzene rings is 3. The molecule has 1 saturated heterocycles. The summed E-state index contributed by atoms with van der Waals surface area (Å²) in [4.78, 5) is 36.2. The van der Waals surface area contributed by atoms with Crippen molar-refractivity contribution < 1.29 is 27.5 Å². The summed E-state index contributed by atoms with van der Waals surface area (Å²) in [7, 11) is -4.08. The van der Waals surface area contributed by atoms with Gasteiger partial charge in [-0.15, -0.1) is 0 Å². The summed E-state index contributed by atoms with van der Waals surface area (Å²) >= 11 is 0. The SMILES string of the molecule is CC(=O)O[C@@H]1NC(=O)[C@H]1NC(=O)[C@H](Cc1ccccc1)NS(=O)(=O)c1ccc2ccccc2c1. The Kier molecular flexibility index (Phi) is 6.62. The quantitative estimate of drug-likeness (QED) is 0.328. The van der Waals surface area contributed by atoms with Crippen LogP contribution in [0, 0.1) is 0 Å². The second-order valence-electron chi connectivity index (χ2n) is 7.90. The molecule has 176 valence electrons. The largest absolute Gasteiger partial charge is 0.439 e. The molecule has 0 unspecified atom stereocenters. The van der Waals surface area contributed by atoms with E-state index in [0.29, 0.717) is 0 Å². The van der Waals surface area contributed by atoms with E-state index in [9.17, 15) is 22.8 Å². The Balaban J connectivity index is 1.58. The lowest BCUT2D eigenvalue weighted by molar-refractivity contribution is -0.164. The van der Waals surface area contributed by atoms with Crippen molar-refractivity contribution >= 4 is 38.6 Å². The van der Waals surface area contributed by atoms with Crippen molar-refractivity contribution in [2.75, 3.05) is 0 Å². The maximum atomic E-state index is 13.2. The summed E-state index contributed by atoms with van der Waals surface area (Å²) in [5.74, 6) is -1.87. The minimum atomic E-state index is -4.08. The van der Waals surface area contributed by atoms with Crippen LogP contribution in [-0.2, 0) is 35.6 Å². The normalized spacial score (nSPS) is 18.4. The average molecular weight is 482 g/mol. The highest BCUT2D eigenvalue weighted by Crippen LogP contribution is 2.20. The number of carbonyl (C=O) groups is 3. The molecule has 0 radical (unpaired) electrons. The summed E-state index contributed by atoms with van der Waals surface area (Å²) in [6.07, 6.45) is -0.963. The van der Waals surface area contributed by atoms with Crippen LogP contribution in [0.4, 0.5) is 0 Å². The van der Waals surface area contributed by atoms with Crippen LogP contribution in [0.25, 0.3) is 10.8 Å². The second-order valence-corrected chi connectivity index (χ2v) is 9.61. The number of sulfonamides is 1. The number of esters is 1. The van der Waals surface area contributed by atoms with E-state index >= 15 is 0 Å². The van der Waals surface area contributed by atoms with Gasteiger partial charge in [-0.05, 0) is 34.9 Å². The van der Waals surface area contributed by atoms with E-state index in [1.807, 2.05) is 12.1 Å². The highest BCUT2D eigenvalue weighted by atomic mass is 32.2. The van der Waals surface area contributed by atoms with Gasteiger partial charge in [0.15, 0.2) is 6.04 Å². The number of β-lactam (4-membered cyclic amide) rings is 1. The molecular weight excluding hydrogens is 458 g/mol. The molecule has 1 aliphatic rings. The molecule has 0 spiro atoms. The van der Waals surface area contributed by atoms with Gasteiger partial charge in [0.1, 0.15) is 6.04 Å². The molecule has 0 aliphatic carbocycles. The number of fused-ring (bicyclic) bond motifs is 1. The lowest BCUT2D eigenvalue weighted by Crippen LogP contribution is -2.71. The molecule has 1 heterocycles. The first-order valence-electron chi connectivity index (χ1n) is 10.6. The highest BCUT2D eigenvalue weighted by Gasteiger charge is 2.44. The third-order valence-electron chi connectivity index (χ3n) is 5.39. The van der Waals surface area contributed by atoms with Crippen molar-refractivity contribution in [3.05, 3.63) is 78.4 Å². The monoisotopic (exact) mass is 481 g/mol. The average Bonchev–Trinajstić information content (AvgIpc) is 2.81. The number of hydrogen-bond donors (Lipinski definition) is 3. The third-order valence-corrected chi connectivity index (χ3v) is 6.86. The fraction of sp³-hybridized carbons (Fsp3) is 0.208. The minimum absolute atomic E-state index is 0.0104.